The molecule has 82 valence electrons. The summed E-state index contributed by atoms with van der Waals surface area (Å²) in [6.07, 6.45) is 4.31. The highest BCUT2D eigenvalue weighted by molar-refractivity contribution is 5.77. The molecule has 15 heavy (non-hydrogen) atoms. The molecule has 1 fully saturated rings. The van der Waals surface area contributed by atoms with Crippen molar-refractivity contribution in [3.05, 3.63) is 17.8 Å². The number of Topliss-reactive ketones (excluding diaryl/α,β-unsaturated/α-hetero) is 1. The Balaban J connectivity index is 2.02. The van der Waals surface area contributed by atoms with Gasteiger partial charge in [0, 0.05) is 12.5 Å². The summed E-state index contributed by atoms with van der Waals surface area (Å²) >= 11 is 0. The van der Waals surface area contributed by atoms with Gasteiger partial charge < -0.3 is 9.73 Å². The normalized spacial score (nSPS) is 21.5. The summed E-state index contributed by atoms with van der Waals surface area (Å²) < 4.78 is 5.56. The minimum atomic E-state index is 0.111. The van der Waals surface area contributed by atoms with Gasteiger partial charge in [-0.1, -0.05) is 0 Å². The van der Waals surface area contributed by atoms with E-state index in [4.69, 9.17) is 4.42 Å². The molecule has 0 aliphatic carbocycles. The van der Waals surface area contributed by atoms with Crippen LogP contribution in [0.25, 0.3) is 0 Å². The SMILES string of the molecule is CC(=O)Cc1cnc(C2CCCNC2)o1. The van der Waals surface area contributed by atoms with Crippen molar-refractivity contribution in [2.75, 3.05) is 13.1 Å². The van der Waals surface area contributed by atoms with Crippen molar-refractivity contribution < 1.29 is 9.21 Å². The molecule has 1 aromatic rings. The Labute approximate surface area is 89.1 Å². The van der Waals surface area contributed by atoms with Crippen molar-refractivity contribution in [3.8, 4) is 0 Å². The molecule has 0 aromatic carbocycles. The zero-order valence-corrected chi connectivity index (χ0v) is 8.95. The van der Waals surface area contributed by atoms with Crippen LogP contribution in [0.5, 0.6) is 0 Å². The molecule has 1 N–H and O–H groups in total. The molecule has 1 unspecified atom stereocenters. The zero-order valence-electron chi connectivity index (χ0n) is 8.95. The third-order valence-corrected chi connectivity index (χ3v) is 2.64. The van der Waals surface area contributed by atoms with Gasteiger partial charge in [-0.3, -0.25) is 4.79 Å². The van der Waals surface area contributed by atoms with Crippen molar-refractivity contribution >= 4 is 5.78 Å². The molecule has 1 aliphatic heterocycles. The summed E-state index contributed by atoms with van der Waals surface area (Å²) in [5.74, 6) is 1.94. The number of aromatic nitrogens is 1. The van der Waals surface area contributed by atoms with Crippen LogP contribution in [0.4, 0.5) is 0 Å². The summed E-state index contributed by atoms with van der Waals surface area (Å²) in [5, 5.41) is 3.32. The number of oxazole rings is 1. The van der Waals surface area contributed by atoms with E-state index in [2.05, 4.69) is 10.3 Å². The highest BCUT2D eigenvalue weighted by atomic mass is 16.4. The molecule has 0 saturated carbocycles. The van der Waals surface area contributed by atoms with Crippen LogP contribution < -0.4 is 5.32 Å². The van der Waals surface area contributed by atoms with Gasteiger partial charge in [0.25, 0.3) is 0 Å². The van der Waals surface area contributed by atoms with E-state index in [-0.39, 0.29) is 5.78 Å². The van der Waals surface area contributed by atoms with E-state index in [9.17, 15) is 4.79 Å². The van der Waals surface area contributed by atoms with Gasteiger partial charge in [0.1, 0.15) is 11.5 Å². The second-order valence-corrected chi connectivity index (χ2v) is 4.09. The first kappa shape index (κ1) is 10.4. The second kappa shape index (κ2) is 4.57. The molecule has 1 saturated heterocycles. The van der Waals surface area contributed by atoms with E-state index >= 15 is 0 Å². The molecule has 0 radical (unpaired) electrons. The van der Waals surface area contributed by atoms with Gasteiger partial charge in [-0.05, 0) is 26.3 Å². The fourth-order valence-corrected chi connectivity index (χ4v) is 1.90. The Kier molecular flexibility index (Phi) is 3.16. The third kappa shape index (κ3) is 2.65. The molecule has 2 heterocycles. The molecule has 0 spiro atoms. The summed E-state index contributed by atoms with van der Waals surface area (Å²) in [5.41, 5.74) is 0. The van der Waals surface area contributed by atoms with E-state index in [0.29, 0.717) is 18.1 Å². The highest BCUT2D eigenvalue weighted by Gasteiger charge is 2.20. The van der Waals surface area contributed by atoms with Gasteiger partial charge in [0.15, 0.2) is 5.89 Å². The molecule has 2 rings (SSSR count). The molecule has 1 atom stereocenters. The quantitative estimate of drug-likeness (QED) is 0.812. The molecule has 1 aromatic heterocycles. The van der Waals surface area contributed by atoms with Gasteiger partial charge in [0.05, 0.1) is 12.6 Å². The first-order valence-corrected chi connectivity index (χ1v) is 5.40. The molecule has 4 nitrogen and oxygen atoms in total. The van der Waals surface area contributed by atoms with Crippen LogP contribution in [0.1, 0.15) is 37.3 Å². The van der Waals surface area contributed by atoms with Gasteiger partial charge in [-0.15, -0.1) is 0 Å². The fourth-order valence-electron chi connectivity index (χ4n) is 1.90. The van der Waals surface area contributed by atoms with Crippen LogP contribution >= 0.6 is 0 Å². The number of nitrogens with one attached hydrogen (secondary N) is 1. The van der Waals surface area contributed by atoms with Crippen molar-refractivity contribution in [1.29, 1.82) is 0 Å². The van der Waals surface area contributed by atoms with Crippen molar-refractivity contribution in [2.24, 2.45) is 0 Å². The number of hydrogen-bond acceptors (Lipinski definition) is 4. The number of carbonyl (C=O) groups excluding carboxylic acids is 1. The average Bonchev–Trinajstić information content (AvgIpc) is 2.67. The van der Waals surface area contributed by atoms with E-state index in [1.54, 1.807) is 13.1 Å². The predicted octanol–water partition coefficient (Wildman–Crippen LogP) is 1.27. The average molecular weight is 208 g/mol. The molecular formula is C11H16N2O2. The lowest BCUT2D eigenvalue weighted by atomic mass is 10.00. The van der Waals surface area contributed by atoms with Crippen LogP contribution in [-0.4, -0.2) is 23.9 Å². The van der Waals surface area contributed by atoms with Crippen LogP contribution in [0, 0.1) is 0 Å². The molecule has 0 amide bonds. The highest BCUT2D eigenvalue weighted by Crippen LogP contribution is 2.22. The number of carbonyl (C=O) groups is 1. The van der Waals surface area contributed by atoms with E-state index in [1.165, 1.54) is 0 Å². The number of nitrogens with zero attached hydrogens (tertiary/aromatic N) is 1. The maximum absolute atomic E-state index is 10.9. The lowest BCUT2D eigenvalue weighted by molar-refractivity contribution is -0.116. The Hall–Kier alpha value is -1.16. The number of rotatable bonds is 3. The number of piperidine rings is 1. The Morgan fingerprint density at radius 2 is 2.60 bits per heavy atom. The second-order valence-electron chi connectivity index (χ2n) is 4.09. The van der Waals surface area contributed by atoms with Crippen molar-refractivity contribution in [2.45, 2.75) is 32.1 Å². The lowest BCUT2D eigenvalue weighted by Gasteiger charge is -2.19. The van der Waals surface area contributed by atoms with Gasteiger partial charge in [-0.2, -0.15) is 0 Å². The van der Waals surface area contributed by atoms with E-state index in [0.717, 1.165) is 31.8 Å². The predicted molar refractivity (Wildman–Crippen MR) is 55.7 cm³/mol. The zero-order chi connectivity index (χ0) is 10.7. The molecule has 4 heteroatoms. The van der Waals surface area contributed by atoms with Crippen molar-refractivity contribution in [3.63, 3.8) is 0 Å². The number of ketones is 1. The van der Waals surface area contributed by atoms with Crippen LogP contribution in [0.2, 0.25) is 0 Å². The van der Waals surface area contributed by atoms with E-state index in [1.807, 2.05) is 0 Å². The lowest BCUT2D eigenvalue weighted by Crippen LogP contribution is -2.28. The maximum atomic E-state index is 10.9. The van der Waals surface area contributed by atoms with Crippen LogP contribution in [0.15, 0.2) is 10.6 Å². The molecular weight excluding hydrogens is 192 g/mol. The topological polar surface area (TPSA) is 55.1 Å². The van der Waals surface area contributed by atoms with Gasteiger partial charge >= 0.3 is 0 Å². The van der Waals surface area contributed by atoms with Crippen molar-refractivity contribution in [1.82, 2.24) is 10.3 Å². The minimum absolute atomic E-state index is 0.111. The van der Waals surface area contributed by atoms with Gasteiger partial charge in [-0.25, -0.2) is 4.98 Å². The van der Waals surface area contributed by atoms with Crippen LogP contribution in [0.3, 0.4) is 0 Å². The Bertz CT molecular complexity index is 340. The Morgan fingerprint density at radius 1 is 1.73 bits per heavy atom. The molecule has 1 aliphatic rings. The largest absolute Gasteiger partial charge is 0.445 e. The summed E-state index contributed by atoms with van der Waals surface area (Å²) in [6, 6.07) is 0. The molecule has 0 bridgehead atoms. The minimum Gasteiger partial charge on any atom is -0.445 e. The standard InChI is InChI=1S/C11H16N2O2/c1-8(14)5-10-7-13-11(15-10)9-3-2-4-12-6-9/h7,9,12H,2-6H2,1H3. The monoisotopic (exact) mass is 208 g/mol. The first-order chi connectivity index (χ1) is 7.25. The Morgan fingerprint density at radius 3 is 3.27 bits per heavy atom. The fraction of sp³-hybridized carbons (Fsp3) is 0.636. The van der Waals surface area contributed by atoms with Crippen LogP contribution in [-0.2, 0) is 11.2 Å². The first-order valence-electron chi connectivity index (χ1n) is 5.40. The third-order valence-electron chi connectivity index (χ3n) is 2.64. The van der Waals surface area contributed by atoms with E-state index < -0.39 is 0 Å². The maximum Gasteiger partial charge on any atom is 0.198 e. The summed E-state index contributed by atoms with van der Waals surface area (Å²) in [4.78, 5) is 15.1. The number of hydrogen-bond donors (Lipinski definition) is 1. The van der Waals surface area contributed by atoms with Gasteiger partial charge in [0.2, 0.25) is 0 Å². The summed E-state index contributed by atoms with van der Waals surface area (Å²) in [7, 11) is 0. The smallest absolute Gasteiger partial charge is 0.198 e. The summed E-state index contributed by atoms with van der Waals surface area (Å²) in [6.45, 7) is 3.57.